The molecule has 0 fully saturated rings. The van der Waals surface area contributed by atoms with E-state index < -0.39 is 12.1 Å². The molecule has 2 unspecified atom stereocenters. The lowest BCUT2D eigenvalue weighted by molar-refractivity contribution is -0.0536. The Labute approximate surface area is 156 Å². The van der Waals surface area contributed by atoms with Gasteiger partial charge < -0.3 is 5.73 Å². The van der Waals surface area contributed by atoms with Crippen molar-refractivity contribution < 1.29 is 19.2 Å². The fourth-order valence-electron chi connectivity index (χ4n) is 2.49. The number of hydrogen-bond donors (Lipinski definition) is 3. The van der Waals surface area contributed by atoms with E-state index in [9.17, 15) is 14.4 Å². The van der Waals surface area contributed by atoms with Crippen LogP contribution in [0.1, 0.15) is 29.7 Å². The summed E-state index contributed by atoms with van der Waals surface area (Å²) >= 11 is 0. The predicted octanol–water partition coefficient (Wildman–Crippen LogP) is 2.95. The van der Waals surface area contributed by atoms with Gasteiger partial charge >= 0.3 is 6.03 Å². The van der Waals surface area contributed by atoms with E-state index in [1.165, 1.54) is 12.1 Å². The van der Waals surface area contributed by atoms with Crippen molar-refractivity contribution in [3.8, 4) is 11.8 Å². The maximum Gasteiger partial charge on any atom is 0.339 e. The molecule has 4 N–H and O–H groups in total. The Kier molecular flexibility index (Phi) is 5.41. The molecule has 1 heterocycles. The Bertz CT molecular complexity index is 914. The molecule has 138 valence electrons. The highest BCUT2D eigenvalue weighted by Gasteiger charge is 2.19. The Hall–Kier alpha value is -3.34. The third-order valence-corrected chi connectivity index (χ3v) is 4.03. The molecule has 0 aromatic heterocycles. The van der Waals surface area contributed by atoms with Crippen LogP contribution in [0, 0.1) is 17.7 Å². The summed E-state index contributed by atoms with van der Waals surface area (Å²) in [5.74, 6) is 5.32. The molecule has 0 bridgehead atoms. The third-order valence-electron chi connectivity index (χ3n) is 4.03. The Morgan fingerprint density at radius 1 is 1.26 bits per heavy atom. The van der Waals surface area contributed by atoms with Crippen LogP contribution in [0.5, 0.6) is 0 Å². The molecule has 1 aliphatic rings. The molecular formula is C20H18FN3O3. The summed E-state index contributed by atoms with van der Waals surface area (Å²) in [5.41, 5.74) is 11.1. The first-order valence-corrected chi connectivity index (χ1v) is 8.22. The number of amides is 2. The molecule has 3 rings (SSSR count). The number of carbonyl (C=O) groups is 1. The normalized spacial score (nSPS) is 16.6. The smallest absolute Gasteiger partial charge is 0.339 e. The Morgan fingerprint density at radius 3 is 2.56 bits per heavy atom. The maximum absolute atomic E-state index is 13.0. The van der Waals surface area contributed by atoms with Crippen LogP contribution in [0.3, 0.4) is 0 Å². The van der Waals surface area contributed by atoms with E-state index in [1.54, 1.807) is 19.1 Å². The highest BCUT2D eigenvalue weighted by Crippen LogP contribution is 2.28. The first-order chi connectivity index (χ1) is 12.9. The molecular weight excluding hydrogens is 349 g/mol. The van der Waals surface area contributed by atoms with Gasteiger partial charge in [-0.1, -0.05) is 24.0 Å². The van der Waals surface area contributed by atoms with Gasteiger partial charge in [-0.2, -0.15) is 5.06 Å². The van der Waals surface area contributed by atoms with Gasteiger partial charge in [0.05, 0.1) is 5.70 Å². The molecule has 2 aromatic rings. The quantitative estimate of drug-likeness (QED) is 0.442. The van der Waals surface area contributed by atoms with Gasteiger partial charge in [-0.3, -0.25) is 15.5 Å². The minimum atomic E-state index is -0.957. The average molecular weight is 367 g/mol. The lowest BCUT2D eigenvalue weighted by atomic mass is 10.0. The van der Waals surface area contributed by atoms with E-state index in [2.05, 4.69) is 17.3 Å². The third kappa shape index (κ3) is 4.44. The maximum atomic E-state index is 13.0. The number of halogens is 1. The number of urea groups is 1. The average Bonchev–Trinajstić information content (AvgIpc) is 3.16. The van der Waals surface area contributed by atoms with Crippen molar-refractivity contribution in [3.05, 3.63) is 77.1 Å². The van der Waals surface area contributed by atoms with Crippen molar-refractivity contribution in [2.24, 2.45) is 5.73 Å². The molecule has 2 amide bonds. The molecule has 7 heteroatoms. The summed E-state index contributed by atoms with van der Waals surface area (Å²) in [7, 11) is 0. The molecule has 1 aliphatic heterocycles. The fourth-order valence-corrected chi connectivity index (χ4v) is 2.49. The van der Waals surface area contributed by atoms with Crippen LogP contribution in [0.15, 0.2) is 54.6 Å². The van der Waals surface area contributed by atoms with Crippen LogP contribution in [-0.4, -0.2) is 22.3 Å². The molecule has 0 saturated heterocycles. The van der Waals surface area contributed by atoms with Crippen molar-refractivity contribution in [3.63, 3.8) is 0 Å². The monoisotopic (exact) mass is 367 g/mol. The van der Waals surface area contributed by atoms with Gasteiger partial charge in [-0.05, 0) is 60.5 Å². The zero-order valence-electron chi connectivity index (χ0n) is 14.5. The Balaban J connectivity index is 1.69. The number of nitrogens with zero attached hydrogens (tertiary/aromatic N) is 1. The SMILES string of the molecule is CC(C#Cc1ccc(C2C=C(c3ccc(F)cc3)NO2)cc1)N(O)C(N)=O. The Morgan fingerprint density at radius 2 is 1.93 bits per heavy atom. The van der Waals surface area contributed by atoms with Crippen LogP contribution in [0.2, 0.25) is 0 Å². The van der Waals surface area contributed by atoms with E-state index in [0.717, 1.165) is 22.4 Å². The van der Waals surface area contributed by atoms with Gasteiger partial charge in [0, 0.05) is 5.56 Å². The summed E-state index contributed by atoms with van der Waals surface area (Å²) in [5, 5.41) is 9.78. The zero-order chi connectivity index (χ0) is 19.4. The number of nitrogens with one attached hydrogen (secondary N) is 1. The molecule has 6 nitrogen and oxygen atoms in total. The van der Waals surface area contributed by atoms with E-state index in [4.69, 9.17) is 10.6 Å². The van der Waals surface area contributed by atoms with Crippen LogP contribution >= 0.6 is 0 Å². The number of hydroxylamine groups is 3. The summed E-state index contributed by atoms with van der Waals surface area (Å²) in [6.45, 7) is 1.56. The number of carbonyl (C=O) groups excluding carboxylic acids is 1. The minimum absolute atomic E-state index is 0.284. The van der Waals surface area contributed by atoms with Crippen LogP contribution in [0.4, 0.5) is 9.18 Å². The second-order valence-electron chi connectivity index (χ2n) is 5.98. The van der Waals surface area contributed by atoms with Crippen molar-refractivity contribution in [2.45, 2.75) is 19.1 Å². The number of nitrogens with two attached hydrogens (primary N) is 1. The highest BCUT2D eigenvalue weighted by atomic mass is 19.1. The summed E-state index contributed by atoms with van der Waals surface area (Å²) in [4.78, 5) is 16.4. The predicted molar refractivity (Wildman–Crippen MR) is 97.3 cm³/mol. The van der Waals surface area contributed by atoms with E-state index in [1.807, 2.05) is 30.3 Å². The van der Waals surface area contributed by atoms with Gasteiger partial charge in [0.25, 0.3) is 0 Å². The number of primary amides is 1. The van der Waals surface area contributed by atoms with Gasteiger partial charge in [0.1, 0.15) is 18.0 Å². The molecule has 2 aromatic carbocycles. The van der Waals surface area contributed by atoms with Crippen LogP contribution < -0.4 is 11.2 Å². The topological polar surface area (TPSA) is 87.8 Å². The second kappa shape index (κ2) is 7.91. The van der Waals surface area contributed by atoms with E-state index in [0.29, 0.717) is 5.06 Å². The fraction of sp³-hybridized carbons (Fsp3) is 0.150. The summed E-state index contributed by atoms with van der Waals surface area (Å²) < 4.78 is 13.0. The summed E-state index contributed by atoms with van der Waals surface area (Å²) in [6.07, 6.45) is 1.63. The molecule has 0 saturated carbocycles. The standard InChI is InChI=1S/C20H18FN3O3/c1-13(24(26)20(22)25)2-3-14-4-6-16(7-5-14)19-12-18(23-27-19)15-8-10-17(21)11-9-15/h4-13,19,23,26H,1H3,(H2,22,25). The largest absolute Gasteiger partial charge is 0.350 e. The zero-order valence-corrected chi connectivity index (χ0v) is 14.5. The van der Waals surface area contributed by atoms with Gasteiger partial charge in [-0.25, -0.2) is 9.18 Å². The van der Waals surface area contributed by atoms with Crippen molar-refractivity contribution >= 4 is 11.7 Å². The molecule has 0 spiro atoms. The molecule has 27 heavy (non-hydrogen) atoms. The lowest BCUT2D eigenvalue weighted by Crippen LogP contribution is -2.38. The first-order valence-electron chi connectivity index (χ1n) is 8.22. The number of benzene rings is 2. The molecule has 2 atom stereocenters. The van der Waals surface area contributed by atoms with Gasteiger partial charge in [-0.15, -0.1) is 0 Å². The highest BCUT2D eigenvalue weighted by molar-refractivity contribution is 5.71. The second-order valence-corrected chi connectivity index (χ2v) is 5.98. The number of hydrogen-bond acceptors (Lipinski definition) is 4. The minimum Gasteiger partial charge on any atom is -0.350 e. The van der Waals surface area contributed by atoms with Gasteiger partial charge in [0.2, 0.25) is 0 Å². The lowest BCUT2D eigenvalue weighted by Gasteiger charge is -2.14. The van der Waals surface area contributed by atoms with E-state index in [-0.39, 0.29) is 11.9 Å². The first kappa shape index (κ1) is 18.5. The van der Waals surface area contributed by atoms with Crippen molar-refractivity contribution in [1.29, 1.82) is 0 Å². The molecule has 0 radical (unpaired) electrons. The summed E-state index contributed by atoms with van der Waals surface area (Å²) in [6, 6.07) is 11.8. The van der Waals surface area contributed by atoms with Crippen molar-refractivity contribution in [2.75, 3.05) is 0 Å². The van der Waals surface area contributed by atoms with Gasteiger partial charge in [0.15, 0.2) is 0 Å². The van der Waals surface area contributed by atoms with Crippen LogP contribution in [-0.2, 0) is 4.84 Å². The van der Waals surface area contributed by atoms with Crippen LogP contribution in [0.25, 0.3) is 5.70 Å². The number of rotatable bonds is 3. The van der Waals surface area contributed by atoms with E-state index >= 15 is 0 Å². The molecule has 0 aliphatic carbocycles. The van der Waals surface area contributed by atoms with Crippen molar-refractivity contribution in [1.82, 2.24) is 10.5 Å².